The van der Waals surface area contributed by atoms with Crippen LogP contribution >= 0.6 is 11.8 Å². The van der Waals surface area contributed by atoms with Gasteiger partial charge in [-0.05, 0) is 61.1 Å². The van der Waals surface area contributed by atoms with Crippen molar-refractivity contribution in [3.63, 3.8) is 0 Å². The summed E-state index contributed by atoms with van der Waals surface area (Å²) in [4.78, 5) is 24.4. The Morgan fingerprint density at radius 1 is 1.14 bits per heavy atom. The summed E-state index contributed by atoms with van der Waals surface area (Å²) in [6.07, 6.45) is 5.67. The van der Waals surface area contributed by atoms with Crippen LogP contribution in [0.1, 0.15) is 56.2 Å². The van der Waals surface area contributed by atoms with Crippen molar-refractivity contribution in [2.45, 2.75) is 67.0 Å². The lowest BCUT2D eigenvalue weighted by Crippen LogP contribution is -2.63. The molecule has 1 aromatic carbocycles. The summed E-state index contributed by atoms with van der Waals surface area (Å²) in [7, 11) is 0. The van der Waals surface area contributed by atoms with Gasteiger partial charge in [-0.3, -0.25) is 9.89 Å². The third-order valence-corrected chi connectivity index (χ3v) is 7.95. The Morgan fingerprint density at radius 2 is 1.91 bits per heavy atom. The predicted octanol–water partition coefficient (Wildman–Crippen LogP) is 4.45. The van der Waals surface area contributed by atoms with Gasteiger partial charge >= 0.3 is 0 Å². The Morgan fingerprint density at radius 3 is 2.60 bits per heavy atom. The number of Topliss-reactive ketones (excluding diaryl/α,β-unsaturated/α-hetero) is 1. The first-order valence-electron chi connectivity index (χ1n) is 12.4. The number of hydrogen-bond donors (Lipinski definition) is 3. The van der Waals surface area contributed by atoms with Crippen LogP contribution in [0.2, 0.25) is 0 Å². The second-order valence-electron chi connectivity index (χ2n) is 10.1. The maximum absolute atomic E-state index is 11.8. The lowest BCUT2D eigenvalue weighted by Gasteiger charge is -2.47. The van der Waals surface area contributed by atoms with Gasteiger partial charge in [-0.1, -0.05) is 19.1 Å². The lowest BCUT2D eigenvalue weighted by atomic mass is 9.89. The molecule has 182 valence electrons. The van der Waals surface area contributed by atoms with E-state index in [1.807, 2.05) is 37.3 Å². The summed E-state index contributed by atoms with van der Waals surface area (Å²) < 4.78 is 0. The van der Waals surface area contributed by atoms with E-state index >= 15 is 0 Å². The number of nitrogens with one attached hydrogen (secondary N) is 2. The van der Waals surface area contributed by atoms with Crippen LogP contribution in [-0.4, -0.2) is 49.7 Å². The Kier molecular flexibility index (Phi) is 5.76. The molecule has 0 amide bonds. The van der Waals surface area contributed by atoms with Gasteiger partial charge in [-0.2, -0.15) is 5.10 Å². The van der Waals surface area contributed by atoms with E-state index in [0.29, 0.717) is 48.7 Å². The van der Waals surface area contributed by atoms with Crippen molar-refractivity contribution in [2.75, 3.05) is 23.3 Å². The molecule has 35 heavy (non-hydrogen) atoms. The monoisotopic (exact) mass is 490 g/mol. The summed E-state index contributed by atoms with van der Waals surface area (Å²) in [5.41, 5.74) is 1.59. The van der Waals surface area contributed by atoms with E-state index in [-0.39, 0.29) is 5.78 Å². The fourth-order valence-electron chi connectivity index (χ4n) is 4.61. The van der Waals surface area contributed by atoms with Crippen LogP contribution in [0.4, 0.5) is 17.5 Å². The van der Waals surface area contributed by atoms with E-state index in [1.165, 1.54) is 24.6 Å². The van der Waals surface area contributed by atoms with Crippen LogP contribution in [0.25, 0.3) is 0 Å². The van der Waals surface area contributed by atoms with Gasteiger partial charge in [0.2, 0.25) is 0 Å². The highest BCUT2D eigenvalue weighted by atomic mass is 32.2. The maximum Gasteiger partial charge on any atom is 0.196 e. The van der Waals surface area contributed by atoms with E-state index in [2.05, 4.69) is 26.5 Å². The Balaban J connectivity index is 1.22. The minimum absolute atomic E-state index is 0.237. The zero-order valence-electron chi connectivity index (χ0n) is 19.8. The van der Waals surface area contributed by atoms with Crippen LogP contribution in [0, 0.1) is 5.92 Å². The van der Waals surface area contributed by atoms with Crippen LogP contribution in [0.3, 0.4) is 0 Å². The Labute approximate surface area is 208 Å². The van der Waals surface area contributed by atoms with E-state index < -0.39 is 5.60 Å². The molecule has 3 aliphatic rings. The number of rotatable bonds is 10. The van der Waals surface area contributed by atoms with Crippen molar-refractivity contribution in [2.24, 2.45) is 5.92 Å². The van der Waals surface area contributed by atoms with E-state index in [4.69, 9.17) is 9.97 Å². The predicted molar refractivity (Wildman–Crippen MR) is 135 cm³/mol. The Hall–Kier alpha value is -2.91. The van der Waals surface area contributed by atoms with Crippen LogP contribution < -0.4 is 10.2 Å². The number of hydrogen-bond acceptors (Lipinski definition) is 8. The summed E-state index contributed by atoms with van der Waals surface area (Å²) in [6.45, 7) is 3.10. The van der Waals surface area contributed by atoms with Crippen molar-refractivity contribution in [1.29, 1.82) is 0 Å². The van der Waals surface area contributed by atoms with Crippen molar-refractivity contribution < 1.29 is 9.90 Å². The fraction of sp³-hybridized carbons (Fsp3) is 0.462. The third kappa shape index (κ3) is 5.06. The van der Waals surface area contributed by atoms with E-state index in [9.17, 15) is 9.90 Å². The molecule has 9 heteroatoms. The van der Waals surface area contributed by atoms with Crippen LogP contribution in [0.5, 0.6) is 0 Å². The standard InChI is InChI=1S/C26H30N6O2S/c1-2-19(33)11-16-3-9-20(10-4-16)35-25-28-22(27-23-12-21(30-31-23)17-5-6-17)13-24(29-25)32-14-26(34,15-32)18-7-8-18/h3-4,9-10,12-13,17-18,34H,2,5-8,11,14-15H2,1H3,(H2,27,28,29,30,31). The van der Waals surface area contributed by atoms with E-state index in [0.717, 1.165) is 40.6 Å². The number of nitrogens with zero attached hydrogens (tertiary/aromatic N) is 4. The topological polar surface area (TPSA) is 107 Å². The van der Waals surface area contributed by atoms with Crippen LogP contribution in [-0.2, 0) is 11.2 Å². The van der Waals surface area contributed by atoms with Gasteiger partial charge in [0.25, 0.3) is 0 Å². The molecule has 0 bridgehead atoms. The first-order chi connectivity index (χ1) is 17.0. The molecule has 0 unspecified atom stereocenters. The van der Waals surface area contributed by atoms with Crippen molar-refractivity contribution in [3.8, 4) is 0 Å². The molecule has 3 heterocycles. The average Bonchev–Trinajstić information content (AvgIpc) is 3.76. The van der Waals surface area contributed by atoms with Gasteiger partial charge in [-0.25, -0.2) is 9.97 Å². The van der Waals surface area contributed by atoms with Crippen molar-refractivity contribution in [3.05, 3.63) is 47.7 Å². The molecular formula is C26H30N6O2S. The lowest BCUT2D eigenvalue weighted by molar-refractivity contribution is -0.118. The molecule has 8 nitrogen and oxygen atoms in total. The van der Waals surface area contributed by atoms with Gasteiger partial charge in [0.05, 0.1) is 13.1 Å². The average molecular weight is 491 g/mol. The molecule has 0 radical (unpaired) electrons. The summed E-state index contributed by atoms with van der Waals surface area (Å²) in [5, 5.41) is 22.3. The zero-order chi connectivity index (χ0) is 24.0. The SMILES string of the molecule is CCC(=O)Cc1ccc(Sc2nc(Nc3cc(C4CC4)[nH]n3)cc(N3CC(O)(C4CC4)C3)n2)cc1. The molecule has 2 aromatic heterocycles. The van der Waals surface area contributed by atoms with Crippen LogP contribution in [0.15, 0.2) is 46.5 Å². The number of H-pyrrole nitrogens is 1. The number of aromatic nitrogens is 4. The minimum atomic E-state index is -0.584. The van der Waals surface area contributed by atoms with E-state index in [1.54, 1.807) is 0 Å². The number of carbonyl (C=O) groups is 1. The Bertz CT molecular complexity index is 1230. The highest BCUT2D eigenvalue weighted by molar-refractivity contribution is 7.99. The number of benzene rings is 1. The molecule has 3 aromatic rings. The van der Waals surface area contributed by atoms with Gasteiger partial charge in [-0.15, -0.1) is 0 Å². The normalized spacial score (nSPS) is 18.9. The number of aliphatic hydroxyl groups is 1. The molecular weight excluding hydrogens is 460 g/mol. The highest BCUT2D eigenvalue weighted by Gasteiger charge is 2.52. The summed E-state index contributed by atoms with van der Waals surface area (Å²) in [6, 6.07) is 12.0. The summed E-state index contributed by atoms with van der Waals surface area (Å²) >= 11 is 1.49. The van der Waals surface area contributed by atoms with Gasteiger partial charge in [0.1, 0.15) is 23.0 Å². The van der Waals surface area contributed by atoms with Gasteiger partial charge in [0, 0.05) is 41.5 Å². The zero-order valence-corrected chi connectivity index (χ0v) is 20.6. The van der Waals surface area contributed by atoms with Crippen molar-refractivity contribution >= 4 is 35.0 Å². The number of anilines is 3. The molecule has 3 fully saturated rings. The van der Waals surface area contributed by atoms with Gasteiger partial charge < -0.3 is 15.3 Å². The maximum atomic E-state index is 11.8. The number of ketones is 1. The molecule has 6 rings (SSSR count). The van der Waals surface area contributed by atoms with Crippen molar-refractivity contribution in [1.82, 2.24) is 20.2 Å². The molecule has 2 aliphatic carbocycles. The number of β-amino-alcohol motifs (C(OH)–C–C–N with tert-alkyl or cyclic N) is 1. The minimum Gasteiger partial charge on any atom is -0.386 e. The number of carbonyl (C=O) groups excluding carboxylic acids is 1. The largest absolute Gasteiger partial charge is 0.386 e. The molecule has 3 N–H and O–H groups in total. The molecule has 0 spiro atoms. The second-order valence-corrected chi connectivity index (χ2v) is 11.1. The highest BCUT2D eigenvalue weighted by Crippen LogP contribution is 2.46. The molecule has 0 atom stereocenters. The molecule has 2 saturated carbocycles. The van der Waals surface area contributed by atoms with Gasteiger partial charge in [0.15, 0.2) is 11.0 Å². The smallest absolute Gasteiger partial charge is 0.196 e. The second kappa shape index (κ2) is 8.95. The first-order valence-corrected chi connectivity index (χ1v) is 13.3. The quantitative estimate of drug-likeness (QED) is 0.358. The number of aromatic amines is 1. The fourth-order valence-corrected chi connectivity index (χ4v) is 5.38. The molecule has 1 aliphatic heterocycles. The third-order valence-electron chi connectivity index (χ3n) is 7.08. The summed E-state index contributed by atoms with van der Waals surface area (Å²) in [5.74, 6) is 3.49. The first kappa shape index (κ1) is 22.5. The molecule has 1 saturated heterocycles.